The van der Waals surface area contributed by atoms with Gasteiger partial charge in [-0.15, -0.1) is 0 Å². The number of thioether (sulfide) groups is 1. The Bertz CT molecular complexity index is 451. The molecule has 4 N–H and O–H groups in total. The lowest BCUT2D eigenvalue weighted by molar-refractivity contribution is -0.205. The molecule has 0 spiro atoms. The third-order valence-corrected chi connectivity index (χ3v) is 3.69. The van der Waals surface area contributed by atoms with Crippen molar-refractivity contribution in [3.05, 3.63) is 0 Å². The van der Waals surface area contributed by atoms with Crippen LogP contribution in [0.15, 0.2) is 5.16 Å². The van der Waals surface area contributed by atoms with E-state index in [0.29, 0.717) is 11.8 Å². The summed E-state index contributed by atoms with van der Waals surface area (Å²) in [5, 5.41) is 40.6. The van der Waals surface area contributed by atoms with E-state index >= 15 is 0 Å². The normalized spacial score (nSPS) is 35.9. The quantitative estimate of drug-likeness (QED) is 0.140. The molecule has 0 saturated carbocycles. The highest BCUT2D eigenvalue weighted by Crippen LogP contribution is 2.29. The summed E-state index contributed by atoms with van der Waals surface area (Å²) in [6.45, 7) is 0.681. The van der Waals surface area contributed by atoms with Crippen LogP contribution in [0.25, 0.3) is 0 Å². The van der Waals surface area contributed by atoms with Gasteiger partial charge in [-0.3, -0.25) is 4.28 Å². The second-order valence-electron chi connectivity index (χ2n) is 3.91. The Morgan fingerprint density at radius 2 is 1.95 bits per heavy atom. The predicted molar refractivity (Wildman–Crippen MR) is 65.2 cm³/mol. The molecule has 0 aromatic rings. The van der Waals surface area contributed by atoms with Gasteiger partial charge in [0.15, 0.2) is 0 Å². The Balaban J connectivity index is 2.71. The van der Waals surface area contributed by atoms with Crippen LogP contribution in [-0.2, 0) is 19.4 Å². The summed E-state index contributed by atoms with van der Waals surface area (Å²) in [6.07, 6.45) is -5.66. The molecule has 1 heterocycles. The van der Waals surface area contributed by atoms with Crippen LogP contribution in [0.3, 0.4) is 0 Å². The number of oxime groups is 1. The number of aliphatic hydroxyl groups is 4. The monoisotopic (exact) mass is 332 g/mol. The average molecular weight is 332 g/mol. The summed E-state index contributed by atoms with van der Waals surface area (Å²) in [5.41, 5.74) is -1.13. The van der Waals surface area contributed by atoms with Gasteiger partial charge < -0.3 is 29.7 Å². The molecule has 10 nitrogen and oxygen atoms in total. The molecule has 1 rings (SSSR count). The van der Waals surface area contributed by atoms with Gasteiger partial charge in [-0.1, -0.05) is 16.9 Å². The maximum absolute atomic E-state index is 10.2. The van der Waals surface area contributed by atoms with Gasteiger partial charge in [-0.25, -0.2) is 0 Å². The Kier molecular flexibility index (Phi) is 6.15. The fraction of sp³-hybridized carbons (Fsp3) is 0.875. The lowest BCUT2D eigenvalue weighted by Crippen LogP contribution is -2.57. The van der Waals surface area contributed by atoms with Gasteiger partial charge in [-0.05, 0) is 6.92 Å². The van der Waals surface area contributed by atoms with Gasteiger partial charge in [0.2, 0.25) is 0 Å². The van der Waals surface area contributed by atoms with Crippen molar-refractivity contribution < 1.29 is 42.4 Å². The maximum atomic E-state index is 10.2. The largest absolute Gasteiger partial charge is 0.714 e. The molecule has 20 heavy (non-hydrogen) atoms. The fourth-order valence-electron chi connectivity index (χ4n) is 1.45. The van der Waals surface area contributed by atoms with Gasteiger partial charge in [0.05, 0.1) is 6.61 Å². The number of ether oxygens (including phenoxy) is 1. The van der Waals surface area contributed by atoms with Crippen molar-refractivity contribution in [3.8, 4) is 0 Å². The standard InChI is InChI=1S/C8H15NO9S2/c1-3(9-18-20(14,15)16)19-8-7(13)6(12)5(11)4(2-10)17-8/h4-8,10-13H,2H2,1H3,(H,14,15,16)/p-1/t4-,5-,6+,7-,8+/m1/s1. The SMILES string of the molecule is CC(=NOS(=O)(=O)[O-])S[C@@H]1O[C@H](CO)[C@@H](O)[C@H](O)[C@H]1O. The van der Waals surface area contributed by atoms with Crippen molar-refractivity contribution in [1.82, 2.24) is 0 Å². The molecule has 1 aliphatic heterocycles. The minimum atomic E-state index is -4.99. The van der Waals surface area contributed by atoms with E-state index in [9.17, 15) is 28.3 Å². The molecule has 5 atom stereocenters. The van der Waals surface area contributed by atoms with Crippen LogP contribution in [0, 0.1) is 0 Å². The number of aliphatic hydroxyl groups excluding tert-OH is 4. The van der Waals surface area contributed by atoms with Crippen LogP contribution < -0.4 is 0 Å². The molecule has 0 aromatic heterocycles. The zero-order valence-electron chi connectivity index (χ0n) is 10.2. The molecule has 1 aliphatic rings. The van der Waals surface area contributed by atoms with Crippen molar-refractivity contribution >= 4 is 27.2 Å². The zero-order chi connectivity index (χ0) is 15.5. The Morgan fingerprint density at radius 1 is 1.35 bits per heavy atom. The summed E-state index contributed by atoms with van der Waals surface area (Å²) in [7, 11) is -4.99. The van der Waals surface area contributed by atoms with Crippen molar-refractivity contribution in [3.63, 3.8) is 0 Å². The number of nitrogens with zero attached hydrogens (tertiary/aromatic N) is 1. The topological polar surface area (TPSA) is 169 Å². The van der Waals surface area contributed by atoms with Crippen molar-refractivity contribution in [2.24, 2.45) is 5.16 Å². The number of hydrogen-bond acceptors (Lipinski definition) is 11. The third-order valence-electron chi connectivity index (χ3n) is 2.39. The molecular weight excluding hydrogens is 318 g/mol. The summed E-state index contributed by atoms with van der Waals surface area (Å²) in [5.74, 6) is 0. The smallest absolute Gasteiger partial charge is 0.284 e. The molecule has 118 valence electrons. The third kappa shape index (κ3) is 4.82. The summed E-state index contributed by atoms with van der Waals surface area (Å²) in [4.78, 5) is 0. The lowest BCUT2D eigenvalue weighted by Gasteiger charge is -2.39. The minimum Gasteiger partial charge on any atom is -0.714 e. The molecule has 0 radical (unpaired) electrons. The maximum Gasteiger partial charge on any atom is 0.284 e. The van der Waals surface area contributed by atoms with Crippen LogP contribution in [0.2, 0.25) is 0 Å². The van der Waals surface area contributed by atoms with E-state index in [4.69, 9.17) is 9.84 Å². The summed E-state index contributed by atoms with van der Waals surface area (Å²) >= 11 is 0.661. The molecule has 1 saturated heterocycles. The highest BCUT2D eigenvalue weighted by molar-refractivity contribution is 8.14. The first-order valence-electron chi connectivity index (χ1n) is 5.32. The van der Waals surface area contributed by atoms with E-state index in [-0.39, 0.29) is 5.04 Å². The van der Waals surface area contributed by atoms with E-state index < -0.39 is 46.9 Å². The second-order valence-corrected chi connectivity index (χ2v) is 6.16. The highest BCUT2D eigenvalue weighted by atomic mass is 32.3. The van der Waals surface area contributed by atoms with Crippen LogP contribution >= 0.6 is 11.8 Å². The van der Waals surface area contributed by atoms with E-state index in [1.54, 1.807) is 0 Å². The Morgan fingerprint density at radius 3 is 2.45 bits per heavy atom. The second kappa shape index (κ2) is 7.00. The molecule has 0 aromatic carbocycles. The van der Waals surface area contributed by atoms with Gasteiger partial charge in [0, 0.05) is 0 Å². The molecule has 1 fully saturated rings. The van der Waals surface area contributed by atoms with Gasteiger partial charge >= 0.3 is 0 Å². The Hall–Kier alpha value is -0.470. The average Bonchev–Trinajstić information content (AvgIpc) is 2.36. The van der Waals surface area contributed by atoms with E-state index in [2.05, 4.69) is 9.44 Å². The van der Waals surface area contributed by atoms with Crippen LogP contribution in [-0.4, -0.2) is 74.9 Å². The van der Waals surface area contributed by atoms with Gasteiger partial charge in [-0.2, -0.15) is 8.42 Å². The van der Waals surface area contributed by atoms with Crippen LogP contribution in [0.5, 0.6) is 0 Å². The lowest BCUT2D eigenvalue weighted by atomic mass is 10.0. The fourth-order valence-corrected chi connectivity index (χ4v) is 2.62. The van der Waals surface area contributed by atoms with Gasteiger partial charge in [0.1, 0.15) is 34.9 Å². The number of hydrogen-bond donors (Lipinski definition) is 4. The Labute approximate surface area is 119 Å². The highest BCUT2D eigenvalue weighted by Gasteiger charge is 2.43. The van der Waals surface area contributed by atoms with Crippen molar-refractivity contribution in [2.75, 3.05) is 6.61 Å². The molecule has 0 unspecified atom stereocenters. The van der Waals surface area contributed by atoms with Crippen molar-refractivity contribution in [2.45, 2.75) is 36.8 Å². The zero-order valence-corrected chi connectivity index (χ0v) is 11.8. The molecule has 0 bridgehead atoms. The predicted octanol–water partition coefficient (Wildman–Crippen LogP) is -2.67. The van der Waals surface area contributed by atoms with E-state index in [1.807, 2.05) is 0 Å². The van der Waals surface area contributed by atoms with E-state index in [1.165, 1.54) is 6.92 Å². The van der Waals surface area contributed by atoms with Gasteiger partial charge in [0.25, 0.3) is 10.4 Å². The summed E-state index contributed by atoms with van der Waals surface area (Å²) in [6, 6.07) is 0. The molecule has 0 aliphatic carbocycles. The van der Waals surface area contributed by atoms with Crippen molar-refractivity contribution in [1.29, 1.82) is 0 Å². The van der Waals surface area contributed by atoms with E-state index in [0.717, 1.165) is 0 Å². The first-order chi connectivity index (χ1) is 9.15. The van der Waals surface area contributed by atoms with Crippen LogP contribution in [0.4, 0.5) is 0 Å². The minimum absolute atomic E-state index is 0.0752. The first kappa shape index (κ1) is 17.6. The summed E-state index contributed by atoms with van der Waals surface area (Å²) < 4.78 is 39.4. The molecular formula is C8H14NO9S2-. The molecule has 12 heteroatoms. The van der Waals surface area contributed by atoms with Crippen LogP contribution in [0.1, 0.15) is 6.92 Å². The first-order valence-corrected chi connectivity index (χ1v) is 7.53. The molecule has 0 amide bonds. The number of rotatable bonds is 4.